The number of carbonyl (C=O) groups excluding carboxylic acids is 1. The summed E-state index contributed by atoms with van der Waals surface area (Å²) in [6.07, 6.45) is 1.92. The van der Waals surface area contributed by atoms with Crippen molar-refractivity contribution in [2.75, 3.05) is 0 Å². The number of amides is 1. The van der Waals surface area contributed by atoms with Gasteiger partial charge in [0.25, 0.3) is 0 Å². The third-order valence-corrected chi connectivity index (χ3v) is 4.60. The Labute approximate surface area is 153 Å². The van der Waals surface area contributed by atoms with Crippen LogP contribution in [0.25, 0.3) is 0 Å². The lowest BCUT2D eigenvalue weighted by Crippen LogP contribution is -2.33. The van der Waals surface area contributed by atoms with Gasteiger partial charge < -0.3 is 14.7 Å². The van der Waals surface area contributed by atoms with E-state index in [0.717, 1.165) is 16.2 Å². The van der Waals surface area contributed by atoms with Gasteiger partial charge in [-0.15, -0.1) is 0 Å². The number of rotatable bonds is 6. The summed E-state index contributed by atoms with van der Waals surface area (Å²) in [4.78, 5) is 14.7. The molecular weight excluding hydrogens is 364 g/mol. The highest BCUT2D eigenvalue weighted by Crippen LogP contribution is 2.28. The molecule has 0 saturated carbocycles. The average molecular weight is 383 g/mol. The molecule has 0 radical (unpaired) electrons. The number of ether oxygens (including phenoxy) is 1. The minimum absolute atomic E-state index is 0.0685. The Morgan fingerprint density at radius 2 is 2.04 bits per heavy atom. The smallest absolute Gasteiger partial charge is 0.387 e. The van der Waals surface area contributed by atoms with E-state index in [2.05, 4.69) is 9.84 Å². The van der Waals surface area contributed by atoms with E-state index in [-0.39, 0.29) is 18.1 Å². The lowest BCUT2D eigenvalue weighted by atomic mass is 10.1. The fourth-order valence-corrected chi connectivity index (χ4v) is 3.42. The van der Waals surface area contributed by atoms with Gasteiger partial charge in [-0.25, -0.2) is 4.09 Å². The number of fused-ring (bicyclic) bond motifs is 1. The molecule has 0 atom stereocenters. The second-order valence-corrected chi connectivity index (χ2v) is 7.71. The molecule has 2 heterocycles. The van der Waals surface area contributed by atoms with Gasteiger partial charge in [0.2, 0.25) is 5.91 Å². The summed E-state index contributed by atoms with van der Waals surface area (Å²) in [7, 11) is 0. The van der Waals surface area contributed by atoms with Gasteiger partial charge in [0.1, 0.15) is 5.75 Å². The first-order chi connectivity index (χ1) is 12.2. The average Bonchev–Trinajstić information content (AvgIpc) is 3.05. The monoisotopic (exact) mass is 383 g/mol. The quantitative estimate of drug-likeness (QED) is 0.831. The number of aliphatic hydroxyl groups is 1. The predicted molar refractivity (Wildman–Crippen MR) is 91.7 cm³/mol. The van der Waals surface area contributed by atoms with Crippen LogP contribution in [0.4, 0.5) is 8.78 Å². The van der Waals surface area contributed by atoms with Crippen molar-refractivity contribution in [3.05, 3.63) is 41.7 Å². The van der Waals surface area contributed by atoms with Crippen molar-refractivity contribution < 1.29 is 23.4 Å². The first kappa shape index (κ1) is 18.7. The summed E-state index contributed by atoms with van der Waals surface area (Å²) >= 11 is 1.34. The molecule has 1 N–H and O–H groups in total. The molecule has 0 saturated heterocycles. The van der Waals surface area contributed by atoms with Crippen LogP contribution in [-0.4, -0.2) is 37.3 Å². The second kappa shape index (κ2) is 7.24. The Balaban J connectivity index is 1.59. The van der Waals surface area contributed by atoms with Crippen LogP contribution in [0.3, 0.4) is 0 Å². The molecular formula is C17H19F2N3O3S. The van der Waals surface area contributed by atoms with E-state index in [1.54, 1.807) is 35.0 Å². The van der Waals surface area contributed by atoms with Crippen molar-refractivity contribution in [3.8, 4) is 5.75 Å². The Kier molecular flexibility index (Phi) is 5.19. The number of carbonyl (C=O) groups is 1. The molecule has 0 unspecified atom stereocenters. The summed E-state index contributed by atoms with van der Waals surface area (Å²) in [5.74, 6) is -0.00223. The Hall–Kier alpha value is -2.13. The van der Waals surface area contributed by atoms with E-state index in [1.165, 1.54) is 24.1 Å². The largest absolute Gasteiger partial charge is 0.435 e. The SMILES string of the molecule is CC(C)(O)CC(=O)N1Cc2cn(Sc3ccc(OC(F)F)cc3)nc2C1. The lowest BCUT2D eigenvalue weighted by molar-refractivity contribution is -0.136. The zero-order valence-corrected chi connectivity index (χ0v) is 15.2. The van der Waals surface area contributed by atoms with Crippen LogP contribution in [0.15, 0.2) is 35.4 Å². The molecule has 1 amide bonds. The lowest BCUT2D eigenvalue weighted by Gasteiger charge is -2.21. The summed E-state index contributed by atoms with van der Waals surface area (Å²) in [5, 5.41) is 14.2. The Morgan fingerprint density at radius 3 is 2.62 bits per heavy atom. The number of halogens is 2. The highest BCUT2D eigenvalue weighted by atomic mass is 32.2. The maximum Gasteiger partial charge on any atom is 0.387 e. The van der Waals surface area contributed by atoms with Gasteiger partial charge in [0.05, 0.1) is 24.3 Å². The molecule has 26 heavy (non-hydrogen) atoms. The normalized spacial score (nSPS) is 14.0. The highest BCUT2D eigenvalue weighted by Gasteiger charge is 2.29. The van der Waals surface area contributed by atoms with Crippen molar-refractivity contribution >= 4 is 17.9 Å². The fourth-order valence-electron chi connectivity index (χ4n) is 2.62. The first-order valence-corrected chi connectivity index (χ1v) is 8.78. The van der Waals surface area contributed by atoms with E-state index in [1.807, 2.05) is 6.20 Å². The van der Waals surface area contributed by atoms with E-state index >= 15 is 0 Å². The maximum absolute atomic E-state index is 12.2. The summed E-state index contributed by atoms with van der Waals surface area (Å²) in [6, 6.07) is 6.30. The van der Waals surface area contributed by atoms with Crippen LogP contribution < -0.4 is 4.74 Å². The number of nitrogens with zero attached hydrogens (tertiary/aromatic N) is 3. The van der Waals surface area contributed by atoms with Crippen LogP contribution in [0.5, 0.6) is 5.75 Å². The maximum atomic E-state index is 12.2. The third kappa shape index (κ3) is 4.73. The molecule has 140 valence electrons. The van der Waals surface area contributed by atoms with Crippen LogP contribution in [0, 0.1) is 0 Å². The molecule has 9 heteroatoms. The summed E-state index contributed by atoms with van der Waals surface area (Å²) in [5.41, 5.74) is 0.742. The van der Waals surface area contributed by atoms with Gasteiger partial charge in [-0.1, -0.05) is 0 Å². The summed E-state index contributed by atoms with van der Waals surface area (Å²) in [6.45, 7) is 1.25. The topological polar surface area (TPSA) is 67.6 Å². The van der Waals surface area contributed by atoms with Crippen molar-refractivity contribution in [1.82, 2.24) is 14.1 Å². The standard InChI is InChI=1S/C17H19F2N3O3S/c1-17(2,24)7-15(23)21-8-11-9-22(20-14(11)10-21)26-13-5-3-12(4-6-13)25-16(18)19/h3-6,9,16,24H,7-8,10H2,1-2H3. The molecule has 1 aromatic carbocycles. The van der Waals surface area contributed by atoms with Crippen molar-refractivity contribution in [1.29, 1.82) is 0 Å². The van der Waals surface area contributed by atoms with Crippen molar-refractivity contribution in [2.45, 2.75) is 50.5 Å². The molecule has 1 aromatic heterocycles. The molecule has 0 aliphatic carbocycles. The second-order valence-electron chi connectivity index (χ2n) is 6.68. The van der Waals surface area contributed by atoms with Crippen LogP contribution in [-0.2, 0) is 17.9 Å². The Morgan fingerprint density at radius 1 is 1.35 bits per heavy atom. The number of hydrogen-bond donors (Lipinski definition) is 1. The number of benzene rings is 1. The minimum atomic E-state index is -2.84. The van der Waals surface area contributed by atoms with Crippen molar-refractivity contribution in [3.63, 3.8) is 0 Å². The van der Waals surface area contributed by atoms with E-state index in [9.17, 15) is 18.7 Å². The van der Waals surface area contributed by atoms with Gasteiger partial charge in [-0.05, 0) is 38.1 Å². The van der Waals surface area contributed by atoms with Gasteiger partial charge in [0.15, 0.2) is 0 Å². The fraction of sp³-hybridized carbons (Fsp3) is 0.412. The van der Waals surface area contributed by atoms with Gasteiger partial charge in [-0.3, -0.25) is 4.79 Å². The van der Waals surface area contributed by atoms with Gasteiger partial charge in [0, 0.05) is 35.1 Å². The van der Waals surface area contributed by atoms with E-state index < -0.39 is 12.2 Å². The molecule has 0 fully saturated rings. The highest BCUT2D eigenvalue weighted by molar-refractivity contribution is 7.97. The zero-order valence-electron chi connectivity index (χ0n) is 14.4. The van der Waals surface area contributed by atoms with Crippen LogP contribution >= 0.6 is 11.9 Å². The Bertz CT molecular complexity index is 764. The minimum Gasteiger partial charge on any atom is -0.435 e. The molecule has 0 spiro atoms. The van der Waals surface area contributed by atoms with Gasteiger partial charge in [-0.2, -0.15) is 13.9 Å². The first-order valence-electron chi connectivity index (χ1n) is 8.00. The third-order valence-electron chi connectivity index (χ3n) is 3.74. The number of alkyl halides is 2. The molecule has 1 aliphatic heterocycles. The predicted octanol–water partition coefficient (Wildman–Crippen LogP) is 3.04. The van der Waals surface area contributed by atoms with Crippen LogP contribution in [0.2, 0.25) is 0 Å². The van der Waals surface area contributed by atoms with Crippen LogP contribution in [0.1, 0.15) is 31.5 Å². The number of hydrogen-bond acceptors (Lipinski definition) is 5. The van der Waals surface area contributed by atoms with E-state index in [0.29, 0.717) is 13.1 Å². The van der Waals surface area contributed by atoms with Gasteiger partial charge >= 0.3 is 6.61 Å². The van der Waals surface area contributed by atoms with Crippen molar-refractivity contribution in [2.24, 2.45) is 0 Å². The molecule has 3 rings (SSSR count). The number of aromatic nitrogens is 2. The summed E-state index contributed by atoms with van der Waals surface area (Å²) < 4.78 is 30.3. The van der Waals surface area contributed by atoms with E-state index in [4.69, 9.17) is 0 Å². The molecule has 1 aliphatic rings. The zero-order chi connectivity index (χ0) is 18.9. The molecule has 6 nitrogen and oxygen atoms in total. The molecule has 0 bridgehead atoms. The molecule has 2 aromatic rings.